The second-order valence-corrected chi connectivity index (χ2v) is 10.3. The second kappa shape index (κ2) is 19.1. The highest BCUT2D eigenvalue weighted by atomic mass is 16.7. The molecular formula is C30H48O9. The Morgan fingerprint density at radius 2 is 0.795 bits per heavy atom. The van der Waals surface area contributed by atoms with Crippen LogP contribution >= 0.6 is 0 Å². The summed E-state index contributed by atoms with van der Waals surface area (Å²) in [6, 6.07) is 6.38. The fourth-order valence-corrected chi connectivity index (χ4v) is 4.90. The molecule has 3 atom stereocenters. The Labute approximate surface area is 233 Å². The van der Waals surface area contributed by atoms with E-state index < -0.39 is 0 Å². The van der Waals surface area contributed by atoms with Gasteiger partial charge in [0.05, 0.1) is 59.5 Å². The number of benzene rings is 1. The van der Waals surface area contributed by atoms with Crippen molar-refractivity contribution in [1.82, 2.24) is 0 Å². The van der Waals surface area contributed by atoms with E-state index >= 15 is 0 Å². The Bertz CT molecular complexity index is 647. The van der Waals surface area contributed by atoms with E-state index in [0.29, 0.717) is 59.5 Å². The fourth-order valence-electron chi connectivity index (χ4n) is 4.90. The normalized spacial score (nSPS) is 24.2. The Balaban J connectivity index is 1.17. The molecule has 0 saturated carbocycles. The van der Waals surface area contributed by atoms with Gasteiger partial charge >= 0.3 is 0 Å². The molecule has 9 nitrogen and oxygen atoms in total. The molecule has 0 spiro atoms. The molecule has 3 heterocycles. The topological polar surface area (TPSA) is 83.1 Å². The zero-order valence-electron chi connectivity index (χ0n) is 23.5. The van der Waals surface area contributed by atoms with E-state index in [9.17, 15) is 0 Å². The molecule has 9 heteroatoms. The van der Waals surface area contributed by atoms with Gasteiger partial charge in [-0.05, 0) is 74.5 Å². The van der Waals surface area contributed by atoms with Crippen LogP contribution in [-0.4, -0.2) is 78.3 Å². The molecule has 0 radical (unpaired) electrons. The van der Waals surface area contributed by atoms with E-state index in [4.69, 9.17) is 42.6 Å². The van der Waals surface area contributed by atoms with E-state index in [1.807, 2.05) is 0 Å². The first-order valence-corrected chi connectivity index (χ1v) is 14.9. The molecular weight excluding hydrogens is 504 g/mol. The van der Waals surface area contributed by atoms with Crippen molar-refractivity contribution in [3.63, 3.8) is 0 Å². The lowest BCUT2D eigenvalue weighted by molar-refractivity contribution is -0.169. The first kappa shape index (κ1) is 30.8. The van der Waals surface area contributed by atoms with Gasteiger partial charge in [0.1, 0.15) is 0 Å². The summed E-state index contributed by atoms with van der Waals surface area (Å²) in [7, 11) is 0. The fraction of sp³-hybridized carbons (Fsp3) is 0.800. The molecule has 3 unspecified atom stereocenters. The van der Waals surface area contributed by atoms with Crippen LogP contribution in [0.15, 0.2) is 18.2 Å². The van der Waals surface area contributed by atoms with Gasteiger partial charge in [0.15, 0.2) is 18.9 Å². The third kappa shape index (κ3) is 12.9. The monoisotopic (exact) mass is 552 g/mol. The van der Waals surface area contributed by atoms with Crippen molar-refractivity contribution in [2.24, 2.45) is 0 Å². The van der Waals surface area contributed by atoms with E-state index in [0.717, 1.165) is 94.3 Å². The summed E-state index contributed by atoms with van der Waals surface area (Å²) < 4.78 is 51.9. The minimum atomic E-state index is -0.0890. The molecule has 1 aromatic rings. The molecule has 3 aliphatic heterocycles. The summed E-state index contributed by atoms with van der Waals surface area (Å²) in [5.41, 5.74) is 3.26. The summed E-state index contributed by atoms with van der Waals surface area (Å²) in [6.07, 6.45) is 9.45. The van der Waals surface area contributed by atoms with Crippen molar-refractivity contribution in [1.29, 1.82) is 0 Å². The van der Waals surface area contributed by atoms with Gasteiger partial charge in [0.25, 0.3) is 0 Å². The number of rotatable bonds is 18. The van der Waals surface area contributed by atoms with Crippen LogP contribution in [0.2, 0.25) is 0 Å². The third-order valence-electron chi connectivity index (χ3n) is 6.93. The van der Waals surface area contributed by atoms with Crippen molar-refractivity contribution < 1.29 is 42.6 Å². The van der Waals surface area contributed by atoms with Gasteiger partial charge in [-0.3, -0.25) is 0 Å². The van der Waals surface area contributed by atoms with Crippen LogP contribution < -0.4 is 0 Å². The molecule has 3 fully saturated rings. The standard InChI is InChI=1S/C30H48O9/c1-4-10-34-28(7-1)37-16-13-31-22-25-19-26(23-32-14-17-38-29-8-2-5-11-35-29)21-27(20-25)24-33-15-18-39-30-9-3-6-12-36-30/h19-21,28-30H,1-18,22-24H2. The van der Waals surface area contributed by atoms with E-state index in [2.05, 4.69) is 18.2 Å². The predicted octanol–water partition coefficient (Wildman–Crippen LogP) is 4.87. The molecule has 0 aromatic heterocycles. The van der Waals surface area contributed by atoms with E-state index in [1.54, 1.807) is 0 Å². The second-order valence-electron chi connectivity index (χ2n) is 10.3. The molecule has 4 rings (SSSR count). The minimum Gasteiger partial charge on any atom is -0.374 e. The Kier molecular flexibility index (Phi) is 15.1. The maximum atomic E-state index is 5.91. The van der Waals surface area contributed by atoms with Crippen LogP contribution in [0.25, 0.3) is 0 Å². The number of ether oxygens (including phenoxy) is 9. The van der Waals surface area contributed by atoms with Crippen molar-refractivity contribution in [3.05, 3.63) is 34.9 Å². The van der Waals surface area contributed by atoms with Crippen molar-refractivity contribution in [2.45, 2.75) is 96.5 Å². The summed E-state index contributed by atoms with van der Waals surface area (Å²) >= 11 is 0. The Morgan fingerprint density at radius 1 is 0.462 bits per heavy atom. The minimum absolute atomic E-state index is 0.0890. The largest absolute Gasteiger partial charge is 0.374 e. The van der Waals surface area contributed by atoms with Crippen LogP contribution in [0.4, 0.5) is 0 Å². The molecule has 1 aromatic carbocycles. The van der Waals surface area contributed by atoms with Gasteiger partial charge in [0, 0.05) is 19.8 Å². The van der Waals surface area contributed by atoms with Gasteiger partial charge in [-0.1, -0.05) is 18.2 Å². The van der Waals surface area contributed by atoms with Crippen LogP contribution in [0, 0.1) is 0 Å². The third-order valence-corrected chi connectivity index (χ3v) is 6.93. The first-order valence-electron chi connectivity index (χ1n) is 14.9. The quantitative estimate of drug-likeness (QED) is 0.237. The summed E-state index contributed by atoms with van der Waals surface area (Å²) in [6.45, 7) is 7.00. The molecule has 39 heavy (non-hydrogen) atoms. The van der Waals surface area contributed by atoms with Crippen LogP contribution in [-0.2, 0) is 62.5 Å². The lowest BCUT2D eigenvalue weighted by Gasteiger charge is -2.22. The van der Waals surface area contributed by atoms with Crippen LogP contribution in [0.3, 0.4) is 0 Å². The maximum Gasteiger partial charge on any atom is 0.157 e. The molecule has 0 N–H and O–H groups in total. The molecule has 0 bridgehead atoms. The SMILES string of the molecule is c1c(COCCOC2CCCCO2)cc(COCCOC2CCCCO2)cc1COCCOC1CCCCO1. The average molecular weight is 553 g/mol. The zero-order chi connectivity index (χ0) is 26.8. The maximum absolute atomic E-state index is 5.91. The van der Waals surface area contributed by atoms with Gasteiger partial charge < -0.3 is 42.6 Å². The predicted molar refractivity (Wildman–Crippen MR) is 144 cm³/mol. The molecule has 3 aliphatic rings. The highest BCUT2D eigenvalue weighted by Crippen LogP contribution is 2.17. The number of hydrogen-bond donors (Lipinski definition) is 0. The van der Waals surface area contributed by atoms with Crippen molar-refractivity contribution in [2.75, 3.05) is 59.5 Å². The molecule has 0 aliphatic carbocycles. The van der Waals surface area contributed by atoms with Gasteiger partial charge in [0.2, 0.25) is 0 Å². The summed E-state index contributed by atoms with van der Waals surface area (Å²) in [5.74, 6) is 0. The molecule has 222 valence electrons. The molecule has 0 amide bonds. The van der Waals surface area contributed by atoms with Gasteiger partial charge in [-0.2, -0.15) is 0 Å². The van der Waals surface area contributed by atoms with Crippen LogP contribution in [0.1, 0.15) is 74.5 Å². The summed E-state index contributed by atoms with van der Waals surface area (Å²) in [4.78, 5) is 0. The lowest BCUT2D eigenvalue weighted by Crippen LogP contribution is -2.24. The van der Waals surface area contributed by atoms with Gasteiger partial charge in [-0.25, -0.2) is 0 Å². The summed E-state index contributed by atoms with van der Waals surface area (Å²) in [5, 5.41) is 0. The van der Waals surface area contributed by atoms with E-state index in [1.165, 1.54) is 0 Å². The first-order chi connectivity index (χ1) is 19.3. The zero-order valence-corrected chi connectivity index (χ0v) is 23.5. The van der Waals surface area contributed by atoms with Crippen molar-refractivity contribution in [3.8, 4) is 0 Å². The lowest BCUT2D eigenvalue weighted by atomic mass is 10.1. The van der Waals surface area contributed by atoms with Crippen LogP contribution in [0.5, 0.6) is 0 Å². The van der Waals surface area contributed by atoms with Crippen molar-refractivity contribution >= 4 is 0 Å². The number of hydrogen-bond acceptors (Lipinski definition) is 9. The Morgan fingerprint density at radius 3 is 1.08 bits per heavy atom. The van der Waals surface area contributed by atoms with E-state index in [-0.39, 0.29) is 18.9 Å². The average Bonchev–Trinajstić information content (AvgIpc) is 2.98. The smallest absolute Gasteiger partial charge is 0.157 e. The molecule has 3 saturated heterocycles. The highest BCUT2D eigenvalue weighted by molar-refractivity contribution is 5.29. The van der Waals surface area contributed by atoms with Gasteiger partial charge in [-0.15, -0.1) is 0 Å². The highest BCUT2D eigenvalue weighted by Gasteiger charge is 2.15. The Hall–Kier alpha value is -1.14.